The molecule has 184 valence electrons. The molecule has 0 saturated carbocycles. The maximum atomic E-state index is 12.6. The number of likely N-dealkylation sites (N-methyl/N-ethyl adjacent to an activating group) is 1. The standard InChI is InChI=1S/C22H33N3O7S/c1-4-31-18-8-10-19(11-9-18)33(29,30)23-13-12-20(26)24(3)16-21(27)25-14-6-7-17(15-25)22(28)32-5-2/h8-11,17,23H,4-7,12-16H2,1-3H3. The molecule has 33 heavy (non-hydrogen) atoms. The minimum absolute atomic E-state index is 0.0724. The van der Waals surface area contributed by atoms with Crippen LogP contribution in [-0.4, -0.2) is 82.4 Å². The van der Waals surface area contributed by atoms with Gasteiger partial charge in [0.1, 0.15) is 5.75 Å². The quantitative estimate of drug-likeness (QED) is 0.466. The Labute approximate surface area is 195 Å². The van der Waals surface area contributed by atoms with E-state index in [1.165, 1.54) is 24.1 Å². The second-order valence-electron chi connectivity index (χ2n) is 7.73. The van der Waals surface area contributed by atoms with Crippen LogP contribution in [0.1, 0.15) is 33.1 Å². The molecular formula is C22H33N3O7S. The van der Waals surface area contributed by atoms with E-state index >= 15 is 0 Å². The Morgan fingerprint density at radius 1 is 1.15 bits per heavy atom. The summed E-state index contributed by atoms with van der Waals surface area (Å²) < 4.78 is 37.5. The van der Waals surface area contributed by atoms with Crippen molar-refractivity contribution < 1.29 is 32.3 Å². The number of nitrogens with one attached hydrogen (secondary N) is 1. The molecule has 1 heterocycles. The second-order valence-corrected chi connectivity index (χ2v) is 9.50. The molecule has 1 aromatic rings. The summed E-state index contributed by atoms with van der Waals surface area (Å²) in [6.07, 6.45) is 1.28. The number of amides is 2. The average Bonchev–Trinajstić information content (AvgIpc) is 2.79. The minimum atomic E-state index is -3.77. The second kappa shape index (κ2) is 12.5. The molecule has 0 radical (unpaired) electrons. The summed E-state index contributed by atoms with van der Waals surface area (Å²) in [5.41, 5.74) is 0. The van der Waals surface area contributed by atoms with Crippen molar-refractivity contribution in [2.24, 2.45) is 5.92 Å². The third kappa shape index (κ3) is 8.01. The van der Waals surface area contributed by atoms with Gasteiger partial charge in [0.25, 0.3) is 0 Å². The van der Waals surface area contributed by atoms with Crippen molar-refractivity contribution in [3.63, 3.8) is 0 Å². The van der Waals surface area contributed by atoms with E-state index < -0.39 is 10.0 Å². The number of piperidine rings is 1. The van der Waals surface area contributed by atoms with Crippen LogP contribution in [0.2, 0.25) is 0 Å². The molecule has 1 fully saturated rings. The largest absolute Gasteiger partial charge is 0.494 e. The van der Waals surface area contributed by atoms with Gasteiger partial charge in [-0.3, -0.25) is 14.4 Å². The van der Waals surface area contributed by atoms with E-state index in [1.54, 1.807) is 24.0 Å². The highest BCUT2D eigenvalue weighted by atomic mass is 32.2. The number of hydrogen-bond donors (Lipinski definition) is 1. The lowest BCUT2D eigenvalue weighted by molar-refractivity contribution is -0.152. The molecule has 0 aliphatic carbocycles. The molecule has 1 aliphatic rings. The summed E-state index contributed by atoms with van der Waals surface area (Å²) in [7, 11) is -2.27. The van der Waals surface area contributed by atoms with Crippen LogP contribution in [0.5, 0.6) is 5.75 Å². The van der Waals surface area contributed by atoms with Crippen LogP contribution in [-0.2, 0) is 29.1 Å². The first-order valence-corrected chi connectivity index (χ1v) is 12.6. The van der Waals surface area contributed by atoms with Crippen LogP contribution in [0, 0.1) is 5.92 Å². The maximum absolute atomic E-state index is 12.6. The van der Waals surface area contributed by atoms with Crippen LogP contribution < -0.4 is 9.46 Å². The molecule has 11 heteroatoms. The first kappa shape index (κ1) is 26.6. The van der Waals surface area contributed by atoms with Gasteiger partial charge in [-0.1, -0.05) is 0 Å². The molecule has 0 aromatic heterocycles. The Hall–Kier alpha value is -2.66. The Balaban J connectivity index is 1.80. The van der Waals surface area contributed by atoms with E-state index in [9.17, 15) is 22.8 Å². The molecule has 0 bridgehead atoms. The minimum Gasteiger partial charge on any atom is -0.494 e. The van der Waals surface area contributed by atoms with Gasteiger partial charge >= 0.3 is 5.97 Å². The van der Waals surface area contributed by atoms with E-state index in [4.69, 9.17) is 9.47 Å². The van der Waals surface area contributed by atoms with E-state index in [0.717, 1.165) is 0 Å². The monoisotopic (exact) mass is 483 g/mol. The summed E-state index contributed by atoms with van der Waals surface area (Å²) in [5, 5.41) is 0. The van der Waals surface area contributed by atoms with Gasteiger partial charge in [0.05, 0.1) is 30.6 Å². The number of benzene rings is 1. The molecule has 0 spiro atoms. The van der Waals surface area contributed by atoms with Crippen molar-refractivity contribution >= 4 is 27.8 Å². The zero-order valence-corrected chi connectivity index (χ0v) is 20.2. The number of sulfonamides is 1. The van der Waals surface area contributed by atoms with E-state index in [0.29, 0.717) is 38.3 Å². The molecular weight excluding hydrogens is 450 g/mol. The van der Waals surface area contributed by atoms with Gasteiger partial charge in [-0.15, -0.1) is 0 Å². The first-order chi connectivity index (χ1) is 15.7. The molecule has 10 nitrogen and oxygen atoms in total. The number of hydrogen-bond acceptors (Lipinski definition) is 7. The van der Waals surface area contributed by atoms with E-state index in [2.05, 4.69) is 4.72 Å². The van der Waals surface area contributed by atoms with Gasteiger partial charge < -0.3 is 19.3 Å². The van der Waals surface area contributed by atoms with Crippen molar-refractivity contribution in [3.8, 4) is 5.75 Å². The van der Waals surface area contributed by atoms with Gasteiger partial charge in [0.15, 0.2) is 0 Å². The molecule has 1 saturated heterocycles. The van der Waals surface area contributed by atoms with Gasteiger partial charge in [-0.25, -0.2) is 13.1 Å². The molecule has 1 aliphatic heterocycles. The summed E-state index contributed by atoms with van der Waals surface area (Å²) in [6.45, 7) is 4.92. The van der Waals surface area contributed by atoms with Crippen molar-refractivity contribution in [2.45, 2.75) is 38.0 Å². The predicted octanol–water partition coefficient (Wildman–Crippen LogP) is 1.01. The van der Waals surface area contributed by atoms with Crippen LogP contribution in [0.15, 0.2) is 29.2 Å². The predicted molar refractivity (Wildman–Crippen MR) is 121 cm³/mol. The highest BCUT2D eigenvalue weighted by molar-refractivity contribution is 7.89. The summed E-state index contributed by atoms with van der Waals surface area (Å²) in [4.78, 5) is 39.8. The number of rotatable bonds is 11. The fourth-order valence-electron chi connectivity index (χ4n) is 3.50. The van der Waals surface area contributed by atoms with Gasteiger partial charge in [0.2, 0.25) is 21.8 Å². The van der Waals surface area contributed by atoms with Crippen LogP contribution >= 0.6 is 0 Å². The number of ether oxygens (including phenoxy) is 2. The Morgan fingerprint density at radius 3 is 2.48 bits per heavy atom. The summed E-state index contributed by atoms with van der Waals surface area (Å²) >= 11 is 0. The lowest BCUT2D eigenvalue weighted by Crippen LogP contribution is -2.47. The SMILES string of the molecule is CCOC(=O)C1CCCN(C(=O)CN(C)C(=O)CCNS(=O)(=O)c2ccc(OCC)cc2)C1. The first-order valence-electron chi connectivity index (χ1n) is 11.1. The third-order valence-corrected chi connectivity index (χ3v) is 6.75. The highest BCUT2D eigenvalue weighted by Gasteiger charge is 2.30. The van der Waals surface area contributed by atoms with E-state index in [-0.39, 0.29) is 54.7 Å². The van der Waals surface area contributed by atoms with Gasteiger partial charge in [-0.05, 0) is 51.0 Å². The van der Waals surface area contributed by atoms with Crippen molar-refractivity contribution in [1.29, 1.82) is 0 Å². The number of carbonyl (C=O) groups excluding carboxylic acids is 3. The molecule has 2 rings (SSSR count). The number of nitrogens with zero attached hydrogens (tertiary/aromatic N) is 2. The lowest BCUT2D eigenvalue weighted by Gasteiger charge is -2.32. The maximum Gasteiger partial charge on any atom is 0.310 e. The summed E-state index contributed by atoms with van der Waals surface area (Å²) in [6, 6.07) is 6.00. The fourth-order valence-corrected chi connectivity index (χ4v) is 4.53. The van der Waals surface area contributed by atoms with Gasteiger partial charge in [0, 0.05) is 33.1 Å². The van der Waals surface area contributed by atoms with Crippen molar-refractivity contribution in [2.75, 3.05) is 46.4 Å². The fraction of sp³-hybridized carbons (Fsp3) is 0.591. The smallest absolute Gasteiger partial charge is 0.310 e. The zero-order chi connectivity index (χ0) is 24.4. The Kier molecular flexibility index (Phi) is 10.1. The average molecular weight is 484 g/mol. The summed E-state index contributed by atoms with van der Waals surface area (Å²) in [5.74, 6) is -0.702. The molecule has 1 N–H and O–H groups in total. The van der Waals surface area contributed by atoms with Crippen LogP contribution in [0.25, 0.3) is 0 Å². The number of esters is 1. The highest BCUT2D eigenvalue weighted by Crippen LogP contribution is 2.18. The molecule has 1 atom stereocenters. The van der Waals surface area contributed by atoms with Crippen molar-refractivity contribution in [3.05, 3.63) is 24.3 Å². The number of carbonyl (C=O) groups is 3. The molecule has 1 aromatic carbocycles. The Bertz CT molecular complexity index is 918. The van der Waals surface area contributed by atoms with Crippen LogP contribution in [0.3, 0.4) is 0 Å². The van der Waals surface area contributed by atoms with E-state index in [1.807, 2.05) is 6.92 Å². The van der Waals surface area contributed by atoms with Crippen LogP contribution in [0.4, 0.5) is 0 Å². The molecule has 2 amide bonds. The Morgan fingerprint density at radius 2 is 1.85 bits per heavy atom. The molecule has 1 unspecified atom stereocenters. The topological polar surface area (TPSA) is 122 Å². The number of likely N-dealkylation sites (tertiary alicyclic amines) is 1. The zero-order valence-electron chi connectivity index (χ0n) is 19.4. The lowest BCUT2D eigenvalue weighted by atomic mass is 9.98. The normalized spacial score (nSPS) is 16.2. The third-order valence-electron chi connectivity index (χ3n) is 5.27. The van der Waals surface area contributed by atoms with Gasteiger partial charge in [-0.2, -0.15) is 0 Å². The van der Waals surface area contributed by atoms with Crippen molar-refractivity contribution in [1.82, 2.24) is 14.5 Å².